The lowest BCUT2D eigenvalue weighted by Gasteiger charge is -2.32. The van der Waals surface area contributed by atoms with Crippen molar-refractivity contribution in [3.05, 3.63) is 29.6 Å². The third kappa shape index (κ3) is 7.62. The monoisotopic (exact) mass is 510 g/mol. The molecular weight excluding hydrogens is 475 g/mol. The number of urea groups is 1. The molecule has 1 aliphatic carbocycles. The van der Waals surface area contributed by atoms with Crippen molar-refractivity contribution in [2.75, 3.05) is 38.5 Å². The van der Waals surface area contributed by atoms with Crippen LogP contribution in [0.5, 0.6) is 5.75 Å². The van der Waals surface area contributed by atoms with Gasteiger partial charge in [-0.2, -0.15) is 0 Å². The number of unbranched alkanes of at least 4 members (excludes halogenated alkanes) is 2. The third-order valence-electron chi connectivity index (χ3n) is 6.86. The molecule has 0 spiro atoms. The number of piperidine rings is 1. The van der Waals surface area contributed by atoms with Crippen LogP contribution in [-0.2, 0) is 14.8 Å². The Kier molecular flexibility index (Phi) is 8.61. The van der Waals surface area contributed by atoms with Crippen molar-refractivity contribution in [3.8, 4) is 5.75 Å². The van der Waals surface area contributed by atoms with Crippen LogP contribution in [0, 0.1) is 17.7 Å². The molecule has 35 heavy (non-hydrogen) atoms. The number of hydrogen-bond donors (Lipinski definition) is 3. The standard InChI is InChI=1S/C24H35FN4O5S/c25-20-7-6-19(14-21(20)34-16-17-4-5-17)23(18-8-10-26-11-9-18)28-35(32,33)13-3-1-2-12-29-15-22(30)27-24(29)31/h6-7,14,17-18,23,26,28H,1-5,8-13,15-16H2,(H,27,30,31)/t23-/m1/s1. The molecule has 1 aromatic carbocycles. The molecule has 3 amide bonds. The molecular formula is C24H35FN4O5S. The number of halogens is 1. The summed E-state index contributed by atoms with van der Waals surface area (Å²) in [6.07, 6.45) is 5.51. The summed E-state index contributed by atoms with van der Waals surface area (Å²) in [6, 6.07) is 3.81. The number of hydrogen-bond acceptors (Lipinski definition) is 6. The van der Waals surface area contributed by atoms with Gasteiger partial charge in [0.15, 0.2) is 11.6 Å². The van der Waals surface area contributed by atoms with E-state index in [1.54, 1.807) is 12.1 Å². The van der Waals surface area contributed by atoms with Gasteiger partial charge in [0.1, 0.15) is 6.54 Å². The van der Waals surface area contributed by atoms with Crippen molar-refractivity contribution >= 4 is 22.0 Å². The number of ether oxygens (including phenoxy) is 1. The van der Waals surface area contributed by atoms with E-state index in [1.165, 1.54) is 11.0 Å². The fraction of sp³-hybridized carbons (Fsp3) is 0.667. The van der Waals surface area contributed by atoms with E-state index < -0.39 is 27.9 Å². The maximum absolute atomic E-state index is 14.4. The van der Waals surface area contributed by atoms with Crippen LogP contribution in [0.3, 0.4) is 0 Å². The molecule has 9 nitrogen and oxygen atoms in total. The lowest BCUT2D eigenvalue weighted by atomic mass is 9.86. The second kappa shape index (κ2) is 11.7. The minimum atomic E-state index is -3.59. The molecule has 4 rings (SSSR count). The van der Waals surface area contributed by atoms with Crippen LogP contribution in [-0.4, -0.2) is 63.8 Å². The number of rotatable bonds is 13. The zero-order valence-corrected chi connectivity index (χ0v) is 20.7. The molecule has 0 radical (unpaired) electrons. The molecule has 1 atom stereocenters. The predicted octanol–water partition coefficient (Wildman–Crippen LogP) is 2.30. The Labute approximate surface area is 206 Å². The van der Waals surface area contributed by atoms with Gasteiger partial charge in [-0.1, -0.05) is 12.5 Å². The van der Waals surface area contributed by atoms with E-state index in [0.29, 0.717) is 38.3 Å². The molecule has 1 saturated carbocycles. The van der Waals surface area contributed by atoms with Crippen molar-refractivity contribution in [2.45, 2.75) is 51.0 Å². The normalized spacial score (nSPS) is 20.2. The van der Waals surface area contributed by atoms with Gasteiger partial charge < -0.3 is 15.0 Å². The quantitative estimate of drug-likeness (QED) is 0.277. The second-order valence-corrected chi connectivity index (χ2v) is 11.7. The first-order valence-electron chi connectivity index (χ1n) is 12.5. The molecule has 11 heteroatoms. The minimum Gasteiger partial charge on any atom is -0.490 e. The van der Waals surface area contributed by atoms with Gasteiger partial charge in [-0.05, 0) is 81.1 Å². The Hall–Kier alpha value is -2.24. The first kappa shape index (κ1) is 25.8. The number of benzene rings is 1. The van der Waals surface area contributed by atoms with Crippen molar-refractivity contribution in [3.63, 3.8) is 0 Å². The SMILES string of the molecule is O=C1CN(CCCCCS(=O)(=O)N[C@@H](c2ccc(F)c(OCC3CC3)c2)C2CCNCC2)C(=O)N1. The molecule has 2 saturated heterocycles. The average molecular weight is 511 g/mol. The number of imide groups is 1. The third-order valence-corrected chi connectivity index (χ3v) is 8.30. The van der Waals surface area contributed by atoms with E-state index in [-0.39, 0.29) is 29.9 Å². The summed E-state index contributed by atoms with van der Waals surface area (Å²) in [5, 5.41) is 5.54. The van der Waals surface area contributed by atoms with Gasteiger partial charge in [0.25, 0.3) is 0 Å². The predicted molar refractivity (Wildman–Crippen MR) is 129 cm³/mol. The van der Waals surface area contributed by atoms with Crippen LogP contribution in [0.25, 0.3) is 0 Å². The van der Waals surface area contributed by atoms with Crippen LogP contribution in [0.4, 0.5) is 9.18 Å². The lowest BCUT2D eigenvalue weighted by Crippen LogP contribution is -2.39. The van der Waals surface area contributed by atoms with Gasteiger partial charge in [0, 0.05) is 12.6 Å². The fourth-order valence-corrected chi connectivity index (χ4v) is 6.04. The average Bonchev–Trinajstić information content (AvgIpc) is 3.60. The van der Waals surface area contributed by atoms with E-state index in [4.69, 9.17) is 4.74 Å². The van der Waals surface area contributed by atoms with Crippen LogP contribution in [0.1, 0.15) is 56.6 Å². The van der Waals surface area contributed by atoms with Gasteiger partial charge in [0.05, 0.1) is 12.4 Å². The summed E-state index contributed by atoms with van der Waals surface area (Å²) in [4.78, 5) is 24.3. The maximum atomic E-state index is 14.4. The fourth-order valence-electron chi connectivity index (χ4n) is 4.62. The largest absolute Gasteiger partial charge is 0.490 e. The van der Waals surface area contributed by atoms with Gasteiger partial charge in [0.2, 0.25) is 15.9 Å². The first-order valence-corrected chi connectivity index (χ1v) is 14.2. The molecule has 2 heterocycles. The highest BCUT2D eigenvalue weighted by molar-refractivity contribution is 7.89. The molecule has 2 aliphatic heterocycles. The van der Waals surface area contributed by atoms with Gasteiger partial charge in [-0.3, -0.25) is 10.1 Å². The summed E-state index contributed by atoms with van der Waals surface area (Å²) in [6.45, 7) is 2.57. The van der Waals surface area contributed by atoms with Crippen molar-refractivity contribution in [1.29, 1.82) is 0 Å². The lowest BCUT2D eigenvalue weighted by molar-refractivity contribution is -0.118. The number of nitrogens with one attached hydrogen (secondary N) is 3. The summed E-state index contributed by atoms with van der Waals surface area (Å²) >= 11 is 0. The Morgan fingerprint density at radius 1 is 1.11 bits per heavy atom. The van der Waals surface area contributed by atoms with E-state index in [2.05, 4.69) is 15.4 Å². The summed E-state index contributed by atoms with van der Waals surface area (Å²) < 4.78 is 48.9. The van der Waals surface area contributed by atoms with E-state index in [1.807, 2.05) is 0 Å². The molecule has 0 aromatic heterocycles. The van der Waals surface area contributed by atoms with E-state index >= 15 is 0 Å². The van der Waals surface area contributed by atoms with Crippen LogP contribution in [0.15, 0.2) is 18.2 Å². The Bertz CT molecular complexity index is 1010. The van der Waals surface area contributed by atoms with Crippen LogP contribution >= 0.6 is 0 Å². The zero-order chi connectivity index (χ0) is 24.8. The van der Waals surface area contributed by atoms with E-state index in [9.17, 15) is 22.4 Å². The number of amides is 3. The second-order valence-electron chi connectivity index (χ2n) is 9.78. The van der Waals surface area contributed by atoms with Crippen molar-refractivity contribution in [1.82, 2.24) is 20.3 Å². The van der Waals surface area contributed by atoms with Crippen molar-refractivity contribution < 1.29 is 27.1 Å². The van der Waals surface area contributed by atoms with Gasteiger partial charge in [-0.25, -0.2) is 22.3 Å². The smallest absolute Gasteiger partial charge is 0.324 e. The molecule has 3 aliphatic rings. The Morgan fingerprint density at radius 3 is 2.57 bits per heavy atom. The highest BCUT2D eigenvalue weighted by Crippen LogP contribution is 2.34. The maximum Gasteiger partial charge on any atom is 0.324 e. The topological polar surface area (TPSA) is 117 Å². The Balaban J connectivity index is 1.35. The summed E-state index contributed by atoms with van der Waals surface area (Å²) in [5.74, 6) is -0.0263. The number of carbonyl (C=O) groups excluding carboxylic acids is 2. The van der Waals surface area contributed by atoms with E-state index in [0.717, 1.165) is 44.3 Å². The molecule has 194 valence electrons. The number of nitrogens with zero attached hydrogens (tertiary/aromatic N) is 1. The molecule has 3 fully saturated rings. The van der Waals surface area contributed by atoms with Crippen LogP contribution in [0.2, 0.25) is 0 Å². The number of carbonyl (C=O) groups is 2. The van der Waals surface area contributed by atoms with Gasteiger partial charge >= 0.3 is 6.03 Å². The highest BCUT2D eigenvalue weighted by Gasteiger charge is 2.30. The minimum absolute atomic E-state index is 0.0359. The Morgan fingerprint density at radius 2 is 1.89 bits per heavy atom. The molecule has 3 N–H and O–H groups in total. The van der Waals surface area contributed by atoms with Crippen LogP contribution < -0.4 is 20.1 Å². The highest BCUT2D eigenvalue weighted by atomic mass is 32.2. The van der Waals surface area contributed by atoms with Crippen molar-refractivity contribution in [2.24, 2.45) is 11.8 Å². The first-order chi connectivity index (χ1) is 16.8. The molecule has 0 unspecified atom stereocenters. The number of sulfonamides is 1. The molecule has 1 aromatic rings. The zero-order valence-electron chi connectivity index (χ0n) is 19.9. The summed E-state index contributed by atoms with van der Waals surface area (Å²) in [5.41, 5.74) is 0.720. The van der Waals surface area contributed by atoms with Gasteiger partial charge in [-0.15, -0.1) is 0 Å². The molecule has 0 bridgehead atoms. The summed E-state index contributed by atoms with van der Waals surface area (Å²) in [7, 11) is -3.59.